The van der Waals surface area contributed by atoms with Gasteiger partial charge in [0.05, 0.1) is 0 Å². The molecule has 3 nitrogen and oxygen atoms in total. The predicted molar refractivity (Wildman–Crippen MR) is 56.4 cm³/mol. The van der Waals surface area contributed by atoms with Gasteiger partial charge in [-0.25, -0.2) is 6.14 Å². The van der Waals surface area contributed by atoms with Crippen molar-refractivity contribution in [2.75, 3.05) is 0 Å². The van der Waals surface area contributed by atoms with Crippen molar-refractivity contribution < 1.29 is 11.2 Å². The van der Waals surface area contributed by atoms with E-state index in [0.29, 0.717) is 11.1 Å². The summed E-state index contributed by atoms with van der Waals surface area (Å²) in [5.41, 5.74) is 2.20. The molecule has 0 unspecified atom stereocenters. The van der Waals surface area contributed by atoms with Gasteiger partial charge in [-0.3, -0.25) is 0 Å². The van der Waals surface area contributed by atoms with E-state index in [9.17, 15) is 11.2 Å². The van der Waals surface area contributed by atoms with Crippen LogP contribution in [0.4, 0.5) is 0 Å². The number of halogens is 1. The second-order valence-electron chi connectivity index (χ2n) is 3.02. The van der Waals surface area contributed by atoms with Crippen LogP contribution in [0.2, 0.25) is 0 Å². The van der Waals surface area contributed by atoms with E-state index < -0.39 is 19.8 Å². The Kier molecular flexibility index (Phi) is 2.90. The summed E-state index contributed by atoms with van der Waals surface area (Å²) in [4.78, 5) is 0. The highest BCUT2D eigenvalue weighted by Gasteiger charge is 2.14. The summed E-state index contributed by atoms with van der Waals surface area (Å²) < 4.78 is 21.9. The van der Waals surface area contributed by atoms with Crippen LogP contribution < -0.4 is 0 Å². The molecule has 0 aromatic heterocycles. The number of phenolic OH excluding ortho intramolecular Hbond substituents is 1. The van der Waals surface area contributed by atoms with Gasteiger partial charge in [-0.2, -0.15) is 0 Å². The third kappa shape index (κ3) is 1.82. The molecule has 1 N–H and O–H groups in total. The standard InChI is InChI=1S/C9H11IO3/c1-5-4-6(2)8(10(12)13)9(11)7(5)3/h4,11H,1-3H3. The van der Waals surface area contributed by atoms with Crippen molar-refractivity contribution >= 4 is 19.8 Å². The topological polar surface area (TPSA) is 54.4 Å². The molecular formula is C9H11IO3. The quantitative estimate of drug-likeness (QED) is 0.810. The van der Waals surface area contributed by atoms with E-state index in [1.165, 1.54) is 0 Å². The number of hydrogen-bond acceptors (Lipinski definition) is 3. The third-order valence-corrected chi connectivity index (χ3v) is 4.33. The normalized spacial score (nSPS) is 10.8. The van der Waals surface area contributed by atoms with E-state index in [2.05, 4.69) is 0 Å². The van der Waals surface area contributed by atoms with Crippen LogP contribution in [-0.2, 0) is 6.14 Å². The molecule has 0 heterocycles. The van der Waals surface area contributed by atoms with Crippen molar-refractivity contribution in [1.82, 2.24) is 0 Å². The lowest BCUT2D eigenvalue weighted by atomic mass is 10.1. The zero-order chi connectivity index (χ0) is 10.2. The Morgan fingerprint density at radius 3 is 2.15 bits per heavy atom. The highest BCUT2D eigenvalue weighted by atomic mass is 127. The summed E-state index contributed by atoms with van der Waals surface area (Å²) in [5.74, 6) is -0.0762. The fourth-order valence-electron chi connectivity index (χ4n) is 1.23. The monoisotopic (exact) mass is 294 g/mol. The maximum atomic E-state index is 10.9. The van der Waals surface area contributed by atoms with E-state index in [0.717, 1.165) is 5.56 Å². The van der Waals surface area contributed by atoms with Crippen molar-refractivity contribution in [3.05, 3.63) is 26.3 Å². The van der Waals surface area contributed by atoms with E-state index in [1.807, 2.05) is 6.92 Å². The molecule has 0 bridgehead atoms. The van der Waals surface area contributed by atoms with Crippen LogP contribution in [0, 0.1) is 24.3 Å². The maximum absolute atomic E-state index is 10.9. The number of aryl methyl sites for hydroxylation is 2. The average molecular weight is 294 g/mol. The van der Waals surface area contributed by atoms with Gasteiger partial charge in [0.25, 0.3) is 0 Å². The second kappa shape index (κ2) is 3.61. The van der Waals surface area contributed by atoms with Gasteiger partial charge in [-0.05, 0) is 37.5 Å². The van der Waals surface area contributed by atoms with E-state index in [1.54, 1.807) is 19.9 Å². The Balaban J connectivity index is 3.62. The summed E-state index contributed by atoms with van der Waals surface area (Å²) in [7, 11) is 0. The molecule has 4 heteroatoms. The molecule has 0 saturated heterocycles. The number of benzene rings is 1. The van der Waals surface area contributed by atoms with Gasteiger partial charge in [-0.1, -0.05) is 6.07 Å². The minimum absolute atomic E-state index is 0.0762. The minimum atomic E-state index is -3.57. The molecule has 0 aliphatic rings. The molecule has 13 heavy (non-hydrogen) atoms. The molecule has 1 aromatic carbocycles. The van der Waals surface area contributed by atoms with Crippen molar-refractivity contribution in [1.29, 1.82) is 0 Å². The largest absolute Gasteiger partial charge is 0.506 e. The van der Waals surface area contributed by atoms with Crippen LogP contribution in [0.25, 0.3) is 0 Å². The van der Waals surface area contributed by atoms with Crippen molar-refractivity contribution in [2.24, 2.45) is 0 Å². The highest BCUT2D eigenvalue weighted by molar-refractivity contribution is 14.2. The molecule has 0 radical (unpaired) electrons. The van der Waals surface area contributed by atoms with Crippen LogP contribution in [0.3, 0.4) is 0 Å². The maximum Gasteiger partial charge on any atom is 0.344 e. The SMILES string of the molecule is Cc1cc(C)c(I(=O)=O)c(O)c1C. The Morgan fingerprint density at radius 1 is 1.15 bits per heavy atom. The molecule has 0 fully saturated rings. The van der Waals surface area contributed by atoms with E-state index in [-0.39, 0.29) is 9.32 Å². The first-order chi connectivity index (χ1) is 5.95. The smallest absolute Gasteiger partial charge is 0.344 e. The Labute approximate surface area is 83.9 Å². The van der Waals surface area contributed by atoms with Gasteiger partial charge in [-0.15, -0.1) is 0 Å². The highest BCUT2D eigenvalue weighted by Crippen LogP contribution is 2.34. The molecular weight excluding hydrogens is 283 g/mol. The minimum Gasteiger partial charge on any atom is -0.506 e. The van der Waals surface area contributed by atoms with Gasteiger partial charge < -0.3 is 5.11 Å². The van der Waals surface area contributed by atoms with Crippen molar-refractivity contribution in [2.45, 2.75) is 20.8 Å². The lowest BCUT2D eigenvalue weighted by Gasteiger charge is -2.07. The van der Waals surface area contributed by atoms with Crippen LogP contribution in [0.15, 0.2) is 6.07 Å². The average Bonchev–Trinajstić information content (AvgIpc) is 1.99. The zero-order valence-electron chi connectivity index (χ0n) is 7.72. The van der Waals surface area contributed by atoms with E-state index >= 15 is 0 Å². The molecule has 1 aromatic rings. The van der Waals surface area contributed by atoms with Gasteiger partial charge in [0, 0.05) is 0 Å². The van der Waals surface area contributed by atoms with Gasteiger partial charge in [0.1, 0.15) is 9.32 Å². The summed E-state index contributed by atoms with van der Waals surface area (Å²) in [6, 6.07) is 1.78. The number of phenols is 1. The van der Waals surface area contributed by atoms with Crippen LogP contribution in [0.5, 0.6) is 5.75 Å². The molecule has 0 spiro atoms. The summed E-state index contributed by atoms with van der Waals surface area (Å²) >= 11 is -3.57. The van der Waals surface area contributed by atoms with Crippen molar-refractivity contribution in [3.8, 4) is 5.75 Å². The Morgan fingerprint density at radius 2 is 1.69 bits per heavy atom. The molecule has 0 saturated carbocycles. The van der Waals surface area contributed by atoms with Gasteiger partial charge in [0.15, 0.2) is 0 Å². The molecule has 0 aliphatic carbocycles. The summed E-state index contributed by atoms with van der Waals surface area (Å²) in [6.45, 7) is 5.26. The van der Waals surface area contributed by atoms with Gasteiger partial charge in [0.2, 0.25) is 0 Å². The fraction of sp³-hybridized carbons (Fsp3) is 0.333. The van der Waals surface area contributed by atoms with Crippen LogP contribution in [0.1, 0.15) is 16.7 Å². The first-order valence-electron chi connectivity index (χ1n) is 3.80. The summed E-state index contributed by atoms with van der Waals surface area (Å²) in [5, 5.41) is 9.57. The first-order valence-corrected chi connectivity index (χ1v) is 6.64. The van der Waals surface area contributed by atoms with Gasteiger partial charge >= 0.3 is 19.8 Å². The molecule has 0 atom stereocenters. The fourth-order valence-corrected chi connectivity index (χ4v) is 2.90. The number of rotatable bonds is 1. The third-order valence-electron chi connectivity index (χ3n) is 2.09. The van der Waals surface area contributed by atoms with E-state index in [4.69, 9.17) is 0 Å². The van der Waals surface area contributed by atoms with Crippen LogP contribution >= 0.6 is 19.8 Å². The zero-order valence-corrected chi connectivity index (χ0v) is 9.88. The number of aromatic hydroxyl groups is 1. The van der Waals surface area contributed by atoms with Crippen LogP contribution in [-0.4, -0.2) is 5.11 Å². The molecule has 0 aliphatic heterocycles. The molecule has 0 amide bonds. The predicted octanol–water partition coefficient (Wildman–Crippen LogP) is 2.68. The number of hydrogen-bond donors (Lipinski definition) is 1. The second-order valence-corrected chi connectivity index (χ2v) is 5.33. The Bertz CT molecular complexity index is 411. The molecule has 1 rings (SSSR count). The lowest BCUT2D eigenvalue weighted by molar-refractivity contribution is 0.465. The lowest BCUT2D eigenvalue weighted by Crippen LogP contribution is -1.90. The Hall–Kier alpha value is -0.650. The van der Waals surface area contributed by atoms with Crippen molar-refractivity contribution in [3.63, 3.8) is 0 Å². The first kappa shape index (κ1) is 10.4. The molecule has 72 valence electrons. The summed E-state index contributed by atoms with van der Waals surface area (Å²) in [6.07, 6.45) is 0.